The highest BCUT2D eigenvalue weighted by Gasteiger charge is 2.34. The van der Waals surface area contributed by atoms with Gasteiger partial charge in [-0.25, -0.2) is 0 Å². The summed E-state index contributed by atoms with van der Waals surface area (Å²) in [5, 5.41) is 17.6. The molecule has 1 saturated heterocycles. The van der Waals surface area contributed by atoms with E-state index >= 15 is 0 Å². The van der Waals surface area contributed by atoms with Gasteiger partial charge in [-0.2, -0.15) is 17.0 Å². The third-order valence-corrected chi connectivity index (χ3v) is 5.04. The zero-order chi connectivity index (χ0) is 13.8. The first kappa shape index (κ1) is 15.4. The van der Waals surface area contributed by atoms with Crippen LogP contribution in [-0.4, -0.2) is 66.5 Å². The second-order valence-corrected chi connectivity index (χ2v) is 6.48. The van der Waals surface area contributed by atoms with E-state index in [-0.39, 0.29) is 19.7 Å². The maximum absolute atomic E-state index is 12.1. The van der Waals surface area contributed by atoms with Gasteiger partial charge in [0.05, 0.1) is 5.92 Å². The Labute approximate surface area is 107 Å². The van der Waals surface area contributed by atoms with Gasteiger partial charge in [0.15, 0.2) is 0 Å². The Balaban J connectivity index is 2.69. The van der Waals surface area contributed by atoms with Crippen LogP contribution in [0.1, 0.15) is 19.3 Å². The van der Waals surface area contributed by atoms with Gasteiger partial charge in [0.2, 0.25) is 0 Å². The number of carbonyl (C=O) groups is 1. The van der Waals surface area contributed by atoms with Gasteiger partial charge in [0, 0.05) is 33.3 Å². The van der Waals surface area contributed by atoms with Crippen molar-refractivity contribution in [1.82, 2.24) is 8.61 Å². The summed E-state index contributed by atoms with van der Waals surface area (Å²) in [5.41, 5.74) is 0. The molecule has 1 atom stereocenters. The first-order valence-electron chi connectivity index (χ1n) is 5.94. The lowest BCUT2D eigenvalue weighted by Crippen LogP contribution is -2.48. The monoisotopic (exact) mass is 280 g/mol. The quantitative estimate of drug-likeness (QED) is 0.673. The Morgan fingerprint density at radius 2 is 2.17 bits per heavy atom. The molecular formula is C10H20N2O5S. The summed E-state index contributed by atoms with van der Waals surface area (Å²) in [6, 6.07) is 0. The Bertz CT molecular complexity index is 384. The van der Waals surface area contributed by atoms with E-state index < -0.39 is 22.1 Å². The number of aliphatic hydroxyl groups is 1. The van der Waals surface area contributed by atoms with Crippen molar-refractivity contribution in [1.29, 1.82) is 0 Å². The summed E-state index contributed by atoms with van der Waals surface area (Å²) < 4.78 is 26.6. The first-order chi connectivity index (χ1) is 8.39. The van der Waals surface area contributed by atoms with Gasteiger partial charge in [-0.3, -0.25) is 4.79 Å². The van der Waals surface area contributed by atoms with Crippen molar-refractivity contribution in [3.05, 3.63) is 0 Å². The molecule has 0 saturated carbocycles. The van der Waals surface area contributed by atoms with E-state index in [1.54, 1.807) is 0 Å². The van der Waals surface area contributed by atoms with Crippen molar-refractivity contribution in [2.45, 2.75) is 19.3 Å². The van der Waals surface area contributed by atoms with Crippen LogP contribution in [0.4, 0.5) is 0 Å². The Kier molecular flexibility index (Phi) is 5.51. The molecule has 1 rings (SSSR count). The van der Waals surface area contributed by atoms with Crippen LogP contribution < -0.4 is 0 Å². The van der Waals surface area contributed by atoms with Gasteiger partial charge >= 0.3 is 5.97 Å². The fourth-order valence-corrected chi connectivity index (χ4v) is 3.44. The van der Waals surface area contributed by atoms with Crippen LogP contribution in [0.3, 0.4) is 0 Å². The lowest BCUT2D eigenvalue weighted by molar-refractivity contribution is -0.142. The van der Waals surface area contributed by atoms with E-state index in [0.29, 0.717) is 25.8 Å². The fraction of sp³-hybridized carbons (Fsp3) is 0.900. The Morgan fingerprint density at radius 3 is 2.72 bits per heavy atom. The van der Waals surface area contributed by atoms with Crippen molar-refractivity contribution in [2.24, 2.45) is 5.92 Å². The molecule has 0 aromatic rings. The van der Waals surface area contributed by atoms with E-state index in [2.05, 4.69) is 0 Å². The molecule has 8 heteroatoms. The van der Waals surface area contributed by atoms with Gasteiger partial charge < -0.3 is 10.2 Å². The van der Waals surface area contributed by atoms with E-state index in [0.717, 1.165) is 4.31 Å². The largest absolute Gasteiger partial charge is 0.481 e. The molecule has 7 nitrogen and oxygen atoms in total. The molecule has 0 bridgehead atoms. The van der Waals surface area contributed by atoms with Gasteiger partial charge in [-0.15, -0.1) is 0 Å². The van der Waals surface area contributed by atoms with Crippen LogP contribution in [-0.2, 0) is 15.0 Å². The van der Waals surface area contributed by atoms with Crippen LogP contribution in [0.5, 0.6) is 0 Å². The SMILES string of the molecule is CN(CCCO)S(=O)(=O)N1CCCC(C(=O)O)C1. The van der Waals surface area contributed by atoms with Crippen LogP contribution >= 0.6 is 0 Å². The van der Waals surface area contributed by atoms with Gasteiger partial charge in [0.25, 0.3) is 10.2 Å². The number of nitrogens with zero attached hydrogens (tertiary/aromatic N) is 2. The predicted molar refractivity (Wildman–Crippen MR) is 65.2 cm³/mol. The minimum absolute atomic E-state index is 0.0289. The summed E-state index contributed by atoms with van der Waals surface area (Å²) in [5.74, 6) is -1.58. The summed E-state index contributed by atoms with van der Waals surface area (Å²) in [7, 11) is -2.17. The van der Waals surface area contributed by atoms with Crippen molar-refractivity contribution in [3.8, 4) is 0 Å². The molecular weight excluding hydrogens is 260 g/mol. The average molecular weight is 280 g/mol. The van der Waals surface area contributed by atoms with E-state index in [1.165, 1.54) is 11.4 Å². The second-order valence-electron chi connectivity index (χ2n) is 4.44. The standard InChI is InChI=1S/C10H20N2O5S/c1-11(5-3-7-13)18(16,17)12-6-2-4-9(8-12)10(14)15/h9,13H,2-8H2,1H3,(H,14,15). The maximum Gasteiger partial charge on any atom is 0.307 e. The van der Waals surface area contributed by atoms with Crippen LogP contribution in [0.15, 0.2) is 0 Å². The average Bonchev–Trinajstić information content (AvgIpc) is 2.35. The highest BCUT2D eigenvalue weighted by atomic mass is 32.2. The molecule has 1 heterocycles. The minimum atomic E-state index is -3.61. The van der Waals surface area contributed by atoms with Gasteiger partial charge in [-0.1, -0.05) is 0 Å². The summed E-state index contributed by atoms with van der Waals surface area (Å²) in [6.45, 7) is 0.543. The molecule has 0 aromatic heterocycles. The molecule has 1 fully saturated rings. The molecule has 1 aliphatic heterocycles. The highest BCUT2D eigenvalue weighted by Crippen LogP contribution is 2.20. The van der Waals surface area contributed by atoms with E-state index in [1.807, 2.05) is 0 Å². The topological polar surface area (TPSA) is 98.2 Å². The predicted octanol–water partition coefficient (Wildman–Crippen LogP) is -0.658. The van der Waals surface area contributed by atoms with Crippen molar-refractivity contribution in [2.75, 3.05) is 33.3 Å². The lowest BCUT2D eigenvalue weighted by atomic mass is 10.0. The molecule has 0 radical (unpaired) electrons. The van der Waals surface area contributed by atoms with E-state index in [9.17, 15) is 13.2 Å². The number of aliphatic carboxylic acids is 1. The van der Waals surface area contributed by atoms with Crippen molar-refractivity contribution < 1.29 is 23.4 Å². The molecule has 0 aromatic carbocycles. The Morgan fingerprint density at radius 1 is 1.50 bits per heavy atom. The third kappa shape index (κ3) is 3.64. The van der Waals surface area contributed by atoms with Crippen molar-refractivity contribution >= 4 is 16.2 Å². The lowest BCUT2D eigenvalue weighted by Gasteiger charge is -2.32. The summed E-state index contributed by atoms with van der Waals surface area (Å²) in [6.07, 6.45) is 1.44. The van der Waals surface area contributed by atoms with Gasteiger partial charge in [0.1, 0.15) is 0 Å². The number of rotatable bonds is 6. The molecule has 1 aliphatic rings. The summed E-state index contributed by atoms with van der Waals surface area (Å²) >= 11 is 0. The highest BCUT2D eigenvalue weighted by molar-refractivity contribution is 7.86. The van der Waals surface area contributed by atoms with E-state index in [4.69, 9.17) is 10.2 Å². The number of piperidine rings is 1. The first-order valence-corrected chi connectivity index (χ1v) is 7.34. The van der Waals surface area contributed by atoms with Crippen LogP contribution in [0, 0.1) is 5.92 Å². The molecule has 0 spiro atoms. The zero-order valence-electron chi connectivity index (χ0n) is 10.4. The van der Waals surface area contributed by atoms with Crippen molar-refractivity contribution in [3.63, 3.8) is 0 Å². The number of hydrogen-bond acceptors (Lipinski definition) is 4. The fourth-order valence-electron chi connectivity index (χ4n) is 1.96. The third-order valence-electron chi connectivity index (χ3n) is 3.08. The maximum atomic E-state index is 12.1. The molecule has 18 heavy (non-hydrogen) atoms. The molecule has 2 N–H and O–H groups in total. The minimum Gasteiger partial charge on any atom is -0.481 e. The number of carboxylic acids is 1. The second kappa shape index (κ2) is 6.46. The molecule has 1 unspecified atom stereocenters. The summed E-state index contributed by atoms with van der Waals surface area (Å²) in [4.78, 5) is 10.9. The smallest absolute Gasteiger partial charge is 0.307 e. The normalized spacial score (nSPS) is 22.3. The van der Waals surface area contributed by atoms with Crippen LogP contribution in [0.2, 0.25) is 0 Å². The van der Waals surface area contributed by atoms with Gasteiger partial charge in [-0.05, 0) is 19.3 Å². The zero-order valence-corrected chi connectivity index (χ0v) is 11.3. The molecule has 106 valence electrons. The van der Waals surface area contributed by atoms with Crippen LogP contribution in [0.25, 0.3) is 0 Å². The molecule has 0 amide bonds. The number of hydrogen-bond donors (Lipinski definition) is 2. The number of carboxylic acid groups (broad SMARTS) is 1. The number of aliphatic hydroxyl groups excluding tert-OH is 1. The molecule has 0 aliphatic carbocycles. The Hall–Kier alpha value is -0.700.